The van der Waals surface area contributed by atoms with Crippen molar-refractivity contribution in [1.82, 2.24) is 5.32 Å². The van der Waals surface area contributed by atoms with E-state index < -0.39 is 17.4 Å². The van der Waals surface area contributed by atoms with Gasteiger partial charge in [-0.15, -0.1) is 0 Å². The summed E-state index contributed by atoms with van der Waals surface area (Å²) in [7, 11) is 0. The van der Waals surface area contributed by atoms with Gasteiger partial charge in [0.15, 0.2) is 0 Å². The predicted molar refractivity (Wildman–Crippen MR) is 92.2 cm³/mol. The molecule has 0 saturated carbocycles. The largest absolute Gasteiger partial charge is 0.480 e. The molecule has 1 heterocycles. The fourth-order valence-corrected chi connectivity index (χ4v) is 3.49. The smallest absolute Gasteiger partial charge is 0.326 e. The van der Waals surface area contributed by atoms with Crippen LogP contribution >= 0.6 is 11.6 Å². The van der Waals surface area contributed by atoms with Crippen molar-refractivity contribution >= 4 is 23.5 Å². The quantitative estimate of drug-likeness (QED) is 0.824. The summed E-state index contributed by atoms with van der Waals surface area (Å²) in [5.74, 6) is -1.14. The van der Waals surface area contributed by atoms with Crippen LogP contribution in [0.15, 0.2) is 24.3 Å². The Labute approximate surface area is 147 Å². The number of carbonyl (C=O) groups is 2. The monoisotopic (exact) mass is 353 g/mol. The van der Waals surface area contributed by atoms with E-state index in [9.17, 15) is 14.7 Å². The molecule has 0 aromatic heterocycles. The van der Waals surface area contributed by atoms with E-state index in [0.29, 0.717) is 37.5 Å². The Hall–Kier alpha value is -1.59. The van der Waals surface area contributed by atoms with Crippen molar-refractivity contribution in [2.45, 2.75) is 44.6 Å². The summed E-state index contributed by atoms with van der Waals surface area (Å²) in [6.45, 7) is 4.75. The van der Waals surface area contributed by atoms with E-state index in [-0.39, 0.29) is 11.8 Å². The number of aliphatic carboxylic acids is 1. The number of nitrogens with one attached hydrogen (secondary N) is 1. The highest BCUT2D eigenvalue weighted by molar-refractivity contribution is 6.31. The van der Waals surface area contributed by atoms with Crippen molar-refractivity contribution in [2.75, 3.05) is 13.2 Å². The summed E-state index contributed by atoms with van der Waals surface area (Å²) in [5.41, 5.74) is -0.109. The number of carboxylic acids is 1. The van der Waals surface area contributed by atoms with Crippen molar-refractivity contribution in [3.63, 3.8) is 0 Å². The number of ether oxygens (including phenoxy) is 1. The topological polar surface area (TPSA) is 75.6 Å². The zero-order chi connectivity index (χ0) is 17.7. The fraction of sp³-hybridized carbons (Fsp3) is 0.556. The van der Waals surface area contributed by atoms with Crippen molar-refractivity contribution < 1.29 is 19.4 Å². The molecule has 5 nitrogen and oxygen atoms in total. The fourth-order valence-electron chi connectivity index (χ4n) is 3.18. The number of halogens is 1. The number of amides is 1. The summed E-state index contributed by atoms with van der Waals surface area (Å²) in [5, 5.41) is 12.7. The molecule has 0 aliphatic carbocycles. The molecular formula is C18H24ClNO4. The highest BCUT2D eigenvalue weighted by Gasteiger charge is 2.44. The second kappa shape index (κ2) is 7.99. The Morgan fingerprint density at radius 3 is 2.46 bits per heavy atom. The molecule has 2 N–H and O–H groups in total. The van der Waals surface area contributed by atoms with Gasteiger partial charge in [0.1, 0.15) is 6.04 Å². The van der Waals surface area contributed by atoms with Crippen LogP contribution in [-0.4, -0.2) is 36.2 Å². The molecule has 132 valence electrons. The second-order valence-electron chi connectivity index (χ2n) is 6.67. The molecule has 1 saturated heterocycles. The Kier molecular flexibility index (Phi) is 6.24. The van der Waals surface area contributed by atoms with Crippen LogP contribution in [0.25, 0.3) is 0 Å². The molecule has 1 aliphatic rings. The highest BCUT2D eigenvalue weighted by atomic mass is 35.5. The maximum atomic E-state index is 13.1. The van der Waals surface area contributed by atoms with E-state index in [1.54, 1.807) is 6.07 Å². The maximum absolute atomic E-state index is 13.1. The lowest BCUT2D eigenvalue weighted by Gasteiger charge is -2.37. The first-order valence-corrected chi connectivity index (χ1v) is 8.61. The number of carbonyl (C=O) groups excluding carboxylic acids is 1. The average Bonchev–Trinajstić information content (AvgIpc) is 2.54. The van der Waals surface area contributed by atoms with Crippen LogP contribution in [0.4, 0.5) is 0 Å². The average molecular weight is 354 g/mol. The minimum absolute atomic E-state index is 0.164. The predicted octanol–water partition coefficient (Wildman–Crippen LogP) is 3.00. The van der Waals surface area contributed by atoms with Gasteiger partial charge in [-0.3, -0.25) is 4.79 Å². The van der Waals surface area contributed by atoms with Gasteiger partial charge < -0.3 is 15.2 Å². The first-order chi connectivity index (χ1) is 11.4. The van der Waals surface area contributed by atoms with Crippen LogP contribution in [0, 0.1) is 5.92 Å². The van der Waals surface area contributed by atoms with Gasteiger partial charge >= 0.3 is 5.97 Å². The van der Waals surface area contributed by atoms with E-state index in [0.717, 1.165) is 5.56 Å². The Morgan fingerprint density at radius 2 is 1.92 bits per heavy atom. The Morgan fingerprint density at radius 1 is 1.29 bits per heavy atom. The molecule has 6 heteroatoms. The lowest BCUT2D eigenvalue weighted by Crippen LogP contribution is -2.53. The zero-order valence-electron chi connectivity index (χ0n) is 14.0. The summed E-state index contributed by atoms with van der Waals surface area (Å²) in [6.07, 6.45) is 1.35. The SMILES string of the molecule is CC(C)C[C@@H](NC(=O)C1(c2ccccc2Cl)CCOCC1)C(=O)O. The van der Waals surface area contributed by atoms with Crippen molar-refractivity contribution in [2.24, 2.45) is 5.92 Å². The summed E-state index contributed by atoms with van der Waals surface area (Å²) < 4.78 is 5.41. The standard InChI is InChI=1S/C18H24ClNO4/c1-12(2)11-15(16(21)22)20-17(23)18(7-9-24-10-8-18)13-5-3-4-6-14(13)19/h3-6,12,15H,7-11H2,1-2H3,(H,20,23)(H,21,22)/t15-/m1/s1. The molecule has 24 heavy (non-hydrogen) atoms. The zero-order valence-corrected chi connectivity index (χ0v) is 14.8. The molecule has 1 aliphatic heterocycles. The molecule has 1 atom stereocenters. The van der Waals surface area contributed by atoms with Crippen LogP contribution in [-0.2, 0) is 19.7 Å². The van der Waals surface area contributed by atoms with Crippen molar-refractivity contribution in [3.8, 4) is 0 Å². The molecule has 1 fully saturated rings. The Bertz CT molecular complexity index is 596. The van der Waals surface area contributed by atoms with Gasteiger partial charge in [-0.2, -0.15) is 0 Å². The minimum atomic E-state index is -1.02. The molecule has 0 radical (unpaired) electrons. The van der Waals surface area contributed by atoms with Crippen LogP contribution < -0.4 is 5.32 Å². The van der Waals surface area contributed by atoms with Gasteiger partial charge in [0.2, 0.25) is 5.91 Å². The highest BCUT2D eigenvalue weighted by Crippen LogP contribution is 2.39. The van der Waals surface area contributed by atoms with Crippen LogP contribution in [0.3, 0.4) is 0 Å². The Balaban J connectivity index is 2.32. The lowest BCUT2D eigenvalue weighted by molar-refractivity contribution is -0.144. The minimum Gasteiger partial charge on any atom is -0.480 e. The van der Waals surface area contributed by atoms with E-state index in [2.05, 4.69) is 5.32 Å². The first-order valence-electron chi connectivity index (χ1n) is 8.23. The van der Waals surface area contributed by atoms with E-state index >= 15 is 0 Å². The van der Waals surface area contributed by atoms with Gasteiger partial charge in [0, 0.05) is 18.2 Å². The van der Waals surface area contributed by atoms with Crippen molar-refractivity contribution in [3.05, 3.63) is 34.9 Å². The molecular weight excluding hydrogens is 330 g/mol. The molecule has 2 rings (SSSR count). The molecule has 0 spiro atoms. The third-order valence-corrected chi connectivity index (χ3v) is 4.81. The van der Waals surface area contributed by atoms with E-state index in [1.165, 1.54) is 0 Å². The van der Waals surface area contributed by atoms with Crippen LogP contribution in [0.2, 0.25) is 5.02 Å². The maximum Gasteiger partial charge on any atom is 0.326 e. The first kappa shape index (κ1) is 18.7. The molecule has 0 bridgehead atoms. The van der Waals surface area contributed by atoms with E-state index in [4.69, 9.17) is 16.3 Å². The summed E-state index contributed by atoms with van der Waals surface area (Å²) >= 11 is 6.34. The van der Waals surface area contributed by atoms with Gasteiger partial charge in [0.05, 0.1) is 5.41 Å². The number of hydrogen-bond donors (Lipinski definition) is 2. The van der Waals surface area contributed by atoms with Crippen molar-refractivity contribution in [1.29, 1.82) is 0 Å². The molecule has 1 aromatic carbocycles. The summed E-state index contributed by atoms with van der Waals surface area (Å²) in [6, 6.07) is 6.35. The number of benzene rings is 1. The van der Waals surface area contributed by atoms with Crippen LogP contribution in [0.5, 0.6) is 0 Å². The summed E-state index contributed by atoms with van der Waals surface area (Å²) in [4.78, 5) is 24.6. The molecule has 1 aromatic rings. The van der Waals surface area contributed by atoms with Gasteiger partial charge in [-0.25, -0.2) is 4.79 Å². The van der Waals surface area contributed by atoms with Gasteiger partial charge in [0.25, 0.3) is 0 Å². The number of rotatable bonds is 6. The normalized spacial score (nSPS) is 18.2. The number of hydrogen-bond acceptors (Lipinski definition) is 3. The molecule has 1 amide bonds. The molecule has 0 unspecified atom stereocenters. The van der Waals surface area contributed by atoms with Crippen LogP contribution in [0.1, 0.15) is 38.7 Å². The van der Waals surface area contributed by atoms with E-state index in [1.807, 2.05) is 32.0 Å². The lowest BCUT2D eigenvalue weighted by atomic mass is 9.73. The van der Waals surface area contributed by atoms with Gasteiger partial charge in [-0.05, 0) is 36.8 Å². The number of carboxylic acid groups (broad SMARTS) is 1. The third-order valence-electron chi connectivity index (χ3n) is 4.48. The van der Waals surface area contributed by atoms with Gasteiger partial charge in [-0.1, -0.05) is 43.6 Å². The third kappa shape index (κ3) is 4.08. The second-order valence-corrected chi connectivity index (χ2v) is 7.08.